The minimum Gasteiger partial charge on any atom is -0.497 e. The number of amides is 1. The Hall–Kier alpha value is -3.22. The molecule has 6 nitrogen and oxygen atoms in total. The second-order valence-corrected chi connectivity index (χ2v) is 6.75. The third kappa shape index (κ3) is 3.74. The van der Waals surface area contributed by atoms with Crippen molar-refractivity contribution in [2.75, 3.05) is 20.2 Å². The first-order valence-electron chi connectivity index (χ1n) is 9.16. The number of methoxy groups -OCH3 is 1. The van der Waals surface area contributed by atoms with Crippen molar-refractivity contribution >= 4 is 5.91 Å². The SMILES string of the molecule is COc1cccc(-c2nnc(C3CCN(C(=O)c4ccc(F)cc4)CC3)o2)c1. The summed E-state index contributed by atoms with van der Waals surface area (Å²) in [6.45, 7) is 1.19. The van der Waals surface area contributed by atoms with Crippen molar-refractivity contribution < 1.29 is 18.3 Å². The van der Waals surface area contributed by atoms with Crippen LogP contribution in [-0.2, 0) is 0 Å². The standard InChI is InChI=1S/C21H20FN3O3/c1-27-18-4-2-3-16(13-18)20-24-23-19(28-20)14-9-11-25(12-10-14)21(26)15-5-7-17(22)8-6-15/h2-8,13-14H,9-12H2,1H3. The van der Waals surface area contributed by atoms with E-state index in [0.29, 0.717) is 30.4 Å². The van der Waals surface area contributed by atoms with Crippen molar-refractivity contribution in [2.45, 2.75) is 18.8 Å². The maximum atomic E-state index is 13.0. The fraction of sp³-hybridized carbons (Fsp3) is 0.286. The van der Waals surface area contributed by atoms with E-state index in [1.54, 1.807) is 12.0 Å². The Bertz CT molecular complexity index is 963. The third-order valence-electron chi connectivity index (χ3n) is 4.98. The van der Waals surface area contributed by atoms with Gasteiger partial charge < -0.3 is 14.1 Å². The van der Waals surface area contributed by atoms with Gasteiger partial charge in [0.05, 0.1) is 7.11 Å². The highest BCUT2D eigenvalue weighted by molar-refractivity contribution is 5.94. The quantitative estimate of drug-likeness (QED) is 0.686. The van der Waals surface area contributed by atoms with Crippen molar-refractivity contribution in [1.82, 2.24) is 15.1 Å². The molecule has 3 aromatic rings. The van der Waals surface area contributed by atoms with Gasteiger partial charge in [-0.1, -0.05) is 6.07 Å². The number of nitrogens with zero attached hydrogens (tertiary/aromatic N) is 3. The Morgan fingerprint density at radius 1 is 1.14 bits per heavy atom. The largest absolute Gasteiger partial charge is 0.497 e. The van der Waals surface area contributed by atoms with Crippen LogP contribution in [0.15, 0.2) is 52.9 Å². The van der Waals surface area contributed by atoms with Gasteiger partial charge in [-0.15, -0.1) is 10.2 Å². The van der Waals surface area contributed by atoms with Crippen molar-refractivity contribution in [1.29, 1.82) is 0 Å². The summed E-state index contributed by atoms with van der Waals surface area (Å²) >= 11 is 0. The molecular formula is C21H20FN3O3. The second kappa shape index (κ2) is 7.80. The zero-order valence-electron chi connectivity index (χ0n) is 15.5. The minimum absolute atomic E-state index is 0.0824. The molecule has 2 heterocycles. The zero-order valence-corrected chi connectivity index (χ0v) is 15.5. The number of carbonyl (C=O) groups is 1. The van der Waals surface area contributed by atoms with E-state index in [9.17, 15) is 9.18 Å². The fourth-order valence-corrected chi connectivity index (χ4v) is 3.38. The Morgan fingerprint density at radius 3 is 2.61 bits per heavy atom. The maximum Gasteiger partial charge on any atom is 0.253 e. The first kappa shape index (κ1) is 18.2. The van der Waals surface area contributed by atoms with Gasteiger partial charge in [-0.25, -0.2) is 4.39 Å². The van der Waals surface area contributed by atoms with Crippen LogP contribution in [0, 0.1) is 5.82 Å². The van der Waals surface area contributed by atoms with Crippen molar-refractivity contribution in [3.8, 4) is 17.2 Å². The van der Waals surface area contributed by atoms with Gasteiger partial charge in [-0.05, 0) is 55.3 Å². The van der Waals surface area contributed by atoms with Gasteiger partial charge in [0, 0.05) is 30.1 Å². The molecular weight excluding hydrogens is 361 g/mol. The minimum atomic E-state index is -0.349. The zero-order chi connectivity index (χ0) is 19.5. The lowest BCUT2D eigenvalue weighted by atomic mass is 9.96. The third-order valence-corrected chi connectivity index (χ3v) is 4.98. The first-order chi connectivity index (χ1) is 13.6. The lowest BCUT2D eigenvalue weighted by molar-refractivity contribution is 0.0706. The summed E-state index contributed by atoms with van der Waals surface area (Å²) in [7, 11) is 1.61. The number of halogens is 1. The molecule has 144 valence electrons. The van der Waals surface area contributed by atoms with Crippen LogP contribution in [0.4, 0.5) is 4.39 Å². The number of carbonyl (C=O) groups excluding carboxylic acids is 1. The maximum absolute atomic E-state index is 13.0. The van der Waals surface area contributed by atoms with Gasteiger partial charge in [0.2, 0.25) is 11.8 Å². The topological polar surface area (TPSA) is 68.5 Å². The molecule has 0 radical (unpaired) electrons. The molecule has 1 aliphatic heterocycles. The molecule has 0 saturated carbocycles. The molecule has 1 fully saturated rings. The highest BCUT2D eigenvalue weighted by atomic mass is 19.1. The summed E-state index contributed by atoms with van der Waals surface area (Å²) in [5.41, 5.74) is 1.31. The number of ether oxygens (including phenoxy) is 1. The van der Waals surface area contributed by atoms with Gasteiger partial charge in [-0.3, -0.25) is 4.79 Å². The number of benzene rings is 2. The van der Waals surface area contributed by atoms with Gasteiger partial charge in [0.25, 0.3) is 5.91 Å². The van der Waals surface area contributed by atoms with Crippen LogP contribution in [0.1, 0.15) is 35.0 Å². The number of aromatic nitrogens is 2. The highest BCUT2D eigenvalue weighted by Gasteiger charge is 2.28. The molecule has 28 heavy (non-hydrogen) atoms. The van der Waals surface area contributed by atoms with Crippen LogP contribution in [0.2, 0.25) is 0 Å². The Balaban J connectivity index is 1.41. The van der Waals surface area contributed by atoms with E-state index in [4.69, 9.17) is 9.15 Å². The summed E-state index contributed by atoms with van der Waals surface area (Å²) < 4.78 is 24.2. The Kier molecular flexibility index (Phi) is 5.06. The van der Waals surface area contributed by atoms with Gasteiger partial charge in [-0.2, -0.15) is 0 Å². The number of piperidine rings is 1. The van der Waals surface area contributed by atoms with Crippen LogP contribution < -0.4 is 4.74 Å². The van der Waals surface area contributed by atoms with E-state index in [1.807, 2.05) is 24.3 Å². The summed E-state index contributed by atoms with van der Waals surface area (Å²) in [4.78, 5) is 14.3. The van der Waals surface area contributed by atoms with Gasteiger partial charge in [0.1, 0.15) is 11.6 Å². The van der Waals surface area contributed by atoms with E-state index in [2.05, 4.69) is 10.2 Å². The molecule has 1 aliphatic rings. The molecule has 4 rings (SSSR count). The lowest BCUT2D eigenvalue weighted by Gasteiger charge is -2.30. The molecule has 0 aliphatic carbocycles. The lowest BCUT2D eigenvalue weighted by Crippen LogP contribution is -2.38. The van der Waals surface area contributed by atoms with Crippen LogP contribution in [0.25, 0.3) is 11.5 Å². The molecule has 0 unspecified atom stereocenters. The van der Waals surface area contributed by atoms with Gasteiger partial charge in [0.15, 0.2) is 0 Å². The molecule has 1 amide bonds. The van der Waals surface area contributed by atoms with Crippen LogP contribution in [0.5, 0.6) is 5.75 Å². The average molecular weight is 381 g/mol. The summed E-state index contributed by atoms with van der Waals surface area (Å²) in [5, 5.41) is 8.37. The molecule has 0 spiro atoms. The van der Waals surface area contributed by atoms with Crippen molar-refractivity contribution in [3.63, 3.8) is 0 Å². The van der Waals surface area contributed by atoms with E-state index in [1.165, 1.54) is 24.3 Å². The molecule has 1 saturated heterocycles. The predicted molar refractivity (Wildman–Crippen MR) is 101 cm³/mol. The number of hydrogen-bond acceptors (Lipinski definition) is 5. The van der Waals surface area contributed by atoms with Crippen LogP contribution >= 0.6 is 0 Å². The molecule has 7 heteroatoms. The molecule has 0 bridgehead atoms. The van der Waals surface area contributed by atoms with Crippen LogP contribution in [-0.4, -0.2) is 41.2 Å². The Morgan fingerprint density at radius 2 is 1.89 bits per heavy atom. The summed E-state index contributed by atoms with van der Waals surface area (Å²) in [6.07, 6.45) is 1.49. The number of rotatable bonds is 4. The predicted octanol–water partition coefficient (Wildman–Crippen LogP) is 3.90. The van der Waals surface area contributed by atoms with Crippen LogP contribution in [0.3, 0.4) is 0 Å². The number of likely N-dealkylation sites (tertiary alicyclic amines) is 1. The van der Waals surface area contributed by atoms with Crippen molar-refractivity contribution in [2.24, 2.45) is 0 Å². The van der Waals surface area contributed by atoms with Crippen molar-refractivity contribution in [3.05, 3.63) is 65.8 Å². The average Bonchev–Trinajstić information content (AvgIpc) is 3.24. The first-order valence-corrected chi connectivity index (χ1v) is 9.16. The van der Waals surface area contributed by atoms with E-state index in [0.717, 1.165) is 24.2 Å². The highest BCUT2D eigenvalue weighted by Crippen LogP contribution is 2.30. The molecule has 2 aromatic carbocycles. The fourth-order valence-electron chi connectivity index (χ4n) is 3.38. The summed E-state index contributed by atoms with van der Waals surface area (Å²) in [6, 6.07) is 13.1. The van der Waals surface area contributed by atoms with E-state index < -0.39 is 0 Å². The Labute approximate surface area is 161 Å². The molecule has 1 aromatic heterocycles. The molecule has 0 atom stereocenters. The smallest absolute Gasteiger partial charge is 0.253 e. The number of hydrogen-bond donors (Lipinski definition) is 0. The van der Waals surface area contributed by atoms with E-state index >= 15 is 0 Å². The second-order valence-electron chi connectivity index (χ2n) is 6.75. The summed E-state index contributed by atoms with van der Waals surface area (Å²) in [5.74, 6) is 1.46. The normalized spacial score (nSPS) is 14.9. The molecule has 0 N–H and O–H groups in total. The monoisotopic (exact) mass is 381 g/mol. The van der Waals surface area contributed by atoms with E-state index in [-0.39, 0.29) is 17.6 Å². The van der Waals surface area contributed by atoms with Gasteiger partial charge >= 0.3 is 0 Å².